The molecule has 0 aliphatic heterocycles. The lowest BCUT2D eigenvalue weighted by Gasteiger charge is -2.21. The van der Waals surface area contributed by atoms with Crippen molar-refractivity contribution in [2.75, 3.05) is 13.7 Å². The molecule has 0 aliphatic carbocycles. The van der Waals surface area contributed by atoms with Gasteiger partial charge in [0, 0.05) is 12.7 Å². The zero-order valence-electron chi connectivity index (χ0n) is 8.72. The van der Waals surface area contributed by atoms with Gasteiger partial charge in [0.05, 0.1) is 0 Å². The molecule has 70 valence electrons. The second-order valence-electron chi connectivity index (χ2n) is 2.58. The highest BCUT2D eigenvalue weighted by molar-refractivity contribution is 4.58. The molecule has 0 saturated carbocycles. The van der Waals surface area contributed by atoms with Crippen LogP contribution in [0.2, 0.25) is 0 Å². The van der Waals surface area contributed by atoms with Gasteiger partial charge in [0.25, 0.3) is 0 Å². The van der Waals surface area contributed by atoms with Gasteiger partial charge < -0.3 is 5.73 Å². The van der Waals surface area contributed by atoms with E-state index in [1.54, 1.807) is 0 Å². The monoisotopic (exact) mass is 160 g/mol. The quantitative estimate of drug-likeness (QED) is 0.638. The van der Waals surface area contributed by atoms with Crippen LogP contribution in [-0.2, 0) is 0 Å². The van der Waals surface area contributed by atoms with Gasteiger partial charge in [-0.3, -0.25) is 4.90 Å². The highest BCUT2D eigenvalue weighted by Gasteiger charge is 2.03. The number of nitrogens with two attached hydrogens (primary N) is 1. The second kappa shape index (κ2) is 9.92. The Kier molecular flexibility index (Phi) is 12.2. The molecule has 2 heteroatoms. The van der Waals surface area contributed by atoms with Gasteiger partial charge >= 0.3 is 0 Å². The van der Waals surface area contributed by atoms with Crippen molar-refractivity contribution in [2.45, 2.75) is 46.6 Å². The Morgan fingerprint density at radius 3 is 2.09 bits per heavy atom. The van der Waals surface area contributed by atoms with Gasteiger partial charge in [-0.25, -0.2) is 0 Å². The molecule has 0 rings (SSSR count). The Morgan fingerprint density at radius 1 is 1.36 bits per heavy atom. The fourth-order valence-electron chi connectivity index (χ4n) is 0.818. The van der Waals surface area contributed by atoms with Crippen molar-refractivity contribution in [1.29, 1.82) is 0 Å². The third-order valence-electron chi connectivity index (χ3n) is 1.75. The predicted molar refractivity (Wildman–Crippen MR) is 52.5 cm³/mol. The number of nitrogens with zero attached hydrogens (tertiary/aromatic N) is 1. The summed E-state index contributed by atoms with van der Waals surface area (Å²) in [6.45, 7) is 9.07. The molecule has 0 bridgehead atoms. The first-order valence-electron chi connectivity index (χ1n) is 4.62. The van der Waals surface area contributed by atoms with Crippen molar-refractivity contribution in [2.24, 2.45) is 5.73 Å². The Morgan fingerprint density at radius 2 is 1.82 bits per heavy atom. The maximum absolute atomic E-state index is 5.43. The SMILES string of the molecule is CC.CCC[C@H](C)N(C)CN. The lowest BCUT2D eigenvalue weighted by Crippen LogP contribution is -2.33. The van der Waals surface area contributed by atoms with E-state index in [4.69, 9.17) is 5.73 Å². The van der Waals surface area contributed by atoms with E-state index in [1.165, 1.54) is 12.8 Å². The van der Waals surface area contributed by atoms with E-state index in [2.05, 4.69) is 25.8 Å². The van der Waals surface area contributed by atoms with Crippen LogP contribution in [0.5, 0.6) is 0 Å². The summed E-state index contributed by atoms with van der Waals surface area (Å²) in [5.74, 6) is 0. The van der Waals surface area contributed by atoms with Gasteiger partial charge in [0.15, 0.2) is 0 Å². The molecule has 0 fully saturated rings. The van der Waals surface area contributed by atoms with Crippen molar-refractivity contribution in [3.05, 3.63) is 0 Å². The van der Waals surface area contributed by atoms with Gasteiger partial charge in [-0.1, -0.05) is 27.2 Å². The van der Waals surface area contributed by atoms with E-state index in [1.807, 2.05) is 13.8 Å². The molecule has 0 aromatic carbocycles. The maximum Gasteiger partial charge on any atom is 0.0454 e. The summed E-state index contributed by atoms with van der Waals surface area (Å²) >= 11 is 0. The standard InChI is InChI=1S/C7H18N2.C2H6/c1-4-5-7(2)9(3)6-8;1-2/h7H,4-6,8H2,1-3H3;1-2H3/t7-;/m0./s1. The van der Waals surface area contributed by atoms with Crippen LogP contribution < -0.4 is 5.73 Å². The molecular weight excluding hydrogens is 136 g/mol. The number of hydrogen-bond acceptors (Lipinski definition) is 2. The summed E-state index contributed by atoms with van der Waals surface area (Å²) in [6.07, 6.45) is 2.49. The highest BCUT2D eigenvalue weighted by atomic mass is 15.2. The van der Waals surface area contributed by atoms with Crippen LogP contribution in [-0.4, -0.2) is 24.7 Å². The molecule has 1 atom stereocenters. The summed E-state index contributed by atoms with van der Waals surface area (Å²) in [4.78, 5) is 2.16. The van der Waals surface area contributed by atoms with Crippen molar-refractivity contribution < 1.29 is 0 Å². The molecule has 0 heterocycles. The molecule has 0 aromatic rings. The Labute approximate surface area is 71.8 Å². The van der Waals surface area contributed by atoms with Crippen LogP contribution in [0, 0.1) is 0 Å². The van der Waals surface area contributed by atoms with Gasteiger partial charge in [0.1, 0.15) is 0 Å². The minimum Gasteiger partial charge on any atom is -0.318 e. The van der Waals surface area contributed by atoms with Crippen LogP contribution in [0.1, 0.15) is 40.5 Å². The normalized spacial score (nSPS) is 12.3. The topological polar surface area (TPSA) is 29.3 Å². The van der Waals surface area contributed by atoms with E-state index in [0.717, 1.165) is 0 Å². The zero-order chi connectivity index (χ0) is 9.28. The first kappa shape index (κ1) is 13.5. The molecule has 0 unspecified atom stereocenters. The molecule has 0 aromatic heterocycles. The van der Waals surface area contributed by atoms with Gasteiger partial charge in [-0.2, -0.15) is 0 Å². The van der Waals surface area contributed by atoms with E-state index >= 15 is 0 Å². The van der Waals surface area contributed by atoms with Crippen molar-refractivity contribution in [1.82, 2.24) is 4.90 Å². The van der Waals surface area contributed by atoms with Crippen molar-refractivity contribution in [3.63, 3.8) is 0 Å². The minimum atomic E-state index is 0.639. The highest BCUT2D eigenvalue weighted by Crippen LogP contribution is 2.00. The first-order valence-corrected chi connectivity index (χ1v) is 4.62. The molecule has 11 heavy (non-hydrogen) atoms. The van der Waals surface area contributed by atoms with Gasteiger partial charge in [0.2, 0.25) is 0 Å². The van der Waals surface area contributed by atoms with E-state index in [9.17, 15) is 0 Å². The average Bonchev–Trinajstić information content (AvgIpc) is 2.07. The molecule has 0 amide bonds. The minimum absolute atomic E-state index is 0.639. The molecule has 0 spiro atoms. The molecule has 0 radical (unpaired) electrons. The maximum atomic E-state index is 5.43. The van der Waals surface area contributed by atoms with Gasteiger partial charge in [-0.15, -0.1) is 0 Å². The van der Waals surface area contributed by atoms with E-state index in [0.29, 0.717) is 12.7 Å². The lowest BCUT2D eigenvalue weighted by atomic mass is 10.2. The molecule has 0 saturated heterocycles. The zero-order valence-corrected chi connectivity index (χ0v) is 8.72. The summed E-state index contributed by atoms with van der Waals surface area (Å²) in [6, 6.07) is 0.639. The van der Waals surface area contributed by atoms with Crippen LogP contribution >= 0.6 is 0 Å². The second-order valence-corrected chi connectivity index (χ2v) is 2.58. The van der Waals surface area contributed by atoms with Crippen molar-refractivity contribution >= 4 is 0 Å². The van der Waals surface area contributed by atoms with E-state index < -0.39 is 0 Å². The fraction of sp³-hybridized carbons (Fsp3) is 1.00. The molecule has 0 aliphatic rings. The average molecular weight is 160 g/mol. The molecule has 2 nitrogen and oxygen atoms in total. The van der Waals surface area contributed by atoms with Crippen LogP contribution in [0.4, 0.5) is 0 Å². The smallest absolute Gasteiger partial charge is 0.0454 e. The molecular formula is C9H24N2. The fourth-order valence-corrected chi connectivity index (χ4v) is 0.818. The Balaban J connectivity index is 0. The number of hydrogen-bond donors (Lipinski definition) is 1. The largest absolute Gasteiger partial charge is 0.318 e. The third-order valence-corrected chi connectivity index (χ3v) is 1.75. The van der Waals surface area contributed by atoms with Crippen molar-refractivity contribution in [3.8, 4) is 0 Å². The summed E-state index contributed by atoms with van der Waals surface area (Å²) < 4.78 is 0. The first-order chi connectivity index (χ1) is 5.22. The van der Waals surface area contributed by atoms with Crippen LogP contribution in [0.25, 0.3) is 0 Å². The molecule has 2 N–H and O–H groups in total. The third kappa shape index (κ3) is 7.82. The van der Waals surface area contributed by atoms with Gasteiger partial charge in [-0.05, 0) is 20.4 Å². The summed E-state index contributed by atoms with van der Waals surface area (Å²) in [5, 5.41) is 0. The van der Waals surface area contributed by atoms with E-state index in [-0.39, 0.29) is 0 Å². The predicted octanol–water partition coefficient (Wildman–Crippen LogP) is 2.05. The Bertz CT molecular complexity index is 64.6. The summed E-state index contributed by atoms with van der Waals surface area (Å²) in [7, 11) is 2.06. The summed E-state index contributed by atoms with van der Waals surface area (Å²) in [5.41, 5.74) is 5.43. The Hall–Kier alpha value is -0.0800. The lowest BCUT2D eigenvalue weighted by molar-refractivity contribution is 0.251. The van der Waals surface area contributed by atoms with Crippen LogP contribution in [0.15, 0.2) is 0 Å². The number of rotatable bonds is 4. The van der Waals surface area contributed by atoms with Crippen LogP contribution in [0.3, 0.4) is 0 Å².